The standard InChI is InChI=1S/C10H11ClN4/c1-15-6-8(5-13-15)14-10-4-7(11)2-3-9(10)12/h2-6,14H,12H2,1H3. The molecule has 2 aromatic rings. The summed E-state index contributed by atoms with van der Waals surface area (Å²) in [4.78, 5) is 0. The lowest BCUT2D eigenvalue weighted by Crippen LogP contribution is -1.95. The van der Waals surface area contributed by atoms with E-state index in [0.29, 0.717) is 10.7 Å². The first-order valence-corrected chi connectivity index (χ1v) is 4.83. The molecule has 1 heterocycles. The van der Waals surface area contributed by atoms with E-state index >= 15 is 0 Å². The lowest BCUT2D eigenvalue weighted by atomic mass is 10.2. The fourth-order valence-corrected chi connectivity index (χ4v) is 1.45. The summed E-state index contributed by atoms with van der Waals surface area (Å²) in [5, 5.41) is 7.84. The van der Waals surface area contributed by atoms with Crippen molar-refractivity contribution < 1.29 is 0 Å². The van der Waals surface area contributed by atoms with Gasteiger partial charge in [0.2, 0.25) is 0 Å². The van der Waals surface area contributed by atoms with E-state index < -0.39 is 0 Å². The predicted molar refractivity (Wildman–Crippen MR) is 62.4 cm³/mol. The second-order valence-corrected chi connectivity index (χ2v) is 3.70. The normalized spacial score (nSPS) is 10.3. The summed E-state index contributed by atoms with van der Waals surface area (Å²) in [6.45, 7) is 0. The molecule has 0 amide bonds. The second-order valence-electron chi connectivity index (χ2n) is 3.26. The molecule has 0 fully saturated rings. The molecule has 3 N–H and O–H groups in total. The molecular weight excluding hydrogens is 212 g/mol. The molecule has 0 unspecified atom stereocenters. The fraction of sp³-hybridized carbons (Fsp3) is 0.100. The van der Waals surface area contributed by atoms with Gasteiger partial charge in [0.15, 0.2) is 0 Å². The first kappa shape index (κ1) is 9.86. The highest BCUT2D eigenvalue weighted by Crippen LogP contribution is 2.25. The first-order valence-electron chi connectivity index (χ1n) is 4.46. The van der Waals surface area contributed by atoms with Crippen molar-refractivity contribution >= 4 is 28.7 Å². The third-order valence-corrected chi connectivity index (χ3v) is 2.23. The Morgan fingerprint density at radius 2 is 2.27 bits per heavy atom. The summed E-state index contributed by atoms with van der Waals surface area (Å²) < 4.78 is 1.71. The third-order valence-electron chi connectivity index (χ3n) is 2.00. The van der Waals surface area contributed by atoms with Gasteiger partial charge >= 0.3 is 0 Å². The smallest absolute Gasteiger partial charge is 0.0770 e. The molecule has 0 bridgehead atoms. The van der Waals surface area contributed by atoms with Gasteiger partial charge in [-0.3, -0.25) is 4.68 Å². The number of anilines is 3. The Morgan fingerprint density at radius 3 is 2.93 bits per heavy atom. The minimum absolute atomic E-state index is 0.649. The Balaban J connectivity index is 2.27. The Labute approximate surface area is 92.7 Å². The van der Waals surface area contributed by atoms with Crippen molar-refractivity contribution in [3.8, 4) is 0 Å². The van der Waals surface area contributed by atoms with E-state index in [1.165, 1.54) is 0 Å². The summed E-state index contributed by atoms with van der Waals surface area (Å²) in [5.74, 6) is 0. The number of hydrogen-bond acceptors (Lipinski definition) is 3. The van der Waals surface area contributed by atoms with Crippen LogP contribution in [-0.2, 0) is 7.05 Å². The van der Waals surface area contributed by atoms with Crippen LogP contribution in [0.4, 0.5) is 17.1 Å². The van der Waals surface area contributed by atoms with Crippen LogP contribution < -0.4 is 11.1 Å². The molecule has 1 aromatic carbocycles. The van der Waals surface area contributed by atoms with Crippen molar-refractivity contribution in [2.24, 2.45) is 7.05 Å². The highest BCUT2D eigenvalue weighted by atomic mass is 35.5. The van der Waals surface area contributed by atoms with E-state index in [-0.39, 0.29) is 0 Å². The van der Waals surface area contributed by atoms with Crippen LogP contribution in [0.3, 0.4) is 0 Å². The lowest BCUT2D eigenvalue weighted by molar-refractivity contribution is 0.768. The Kier molecular flexibility index (Phi) is 2.51. The third kappa shape index (κ3) is 2.22. The molecule has 0 aliphatic heterocycles. The topological polar surface area (TPSA) is 55.9 Å². The van der Waals surface area contributed by atoms with E-state index in [2.05, 4.69) is 10.4 Å². The van der Waals surface area contributed by atoms with E-state index in [9.17, 15) is 0 Å². The SMILES string of the molecule is Cn1cc(Nc2cc(Cl)ccc2N)cn1. The highest BCUT2D eigenvalue weighted by molar-refractivity contribution is 6.31. The molecule has 0 saturated heterocycles. The van der Waals surface area contributed by atoms with Gasteiger partial charge in [-0.05, 0) is 18.2 Å². The molecule has 0 aliphatic rings. The zero-order valence-corrected chi connectivity index (χ0v) is 8.99. The fourth-order valence-electron chi connectivity index (χ4n) is 1.28. The monoisotopic (exact) mass is 222 g/mol. The number of nitrogens with two attached hydrogens (primary N) is 1. The maximum absolute atomic E-state index is 5.87. The van der Waals surface area contributed by atoms with Gasteiger partial charge in [-0.1, -0.05) is 11.6 Å². The second kappa shape index (κ2) is 3.82. The van der Waals surface area contributed by atoms with Crippen LogP contribution in [0, 0.1) is 0 Å². The summed E-state index contributed by atoms with van der Waals surface area (Å²) in [6, 6.07) is 5.30. The van der Waals surface area contributed by atoms with Gasteiger partial charge in [-0.25, -0.2) is 0 Å². The van der Waals surface area contributed by atoms with Crippen LogP contribution in [0.15, 0.2) is 30.6 Å². The Morgan fingerprint density at radius 1 is 1.47 bits per heavy atom. The van der Waals surface area contributed by atoms with Crippen LogP contribution in [0.2, 0.25) is 5.02 Å². The van der Waals surface area contributed by atoms with Crippen LogP contribution in [0.5, 0.6) is 0 Å². The molecule has 0 aliphatic carbocycles. The van der Waals surface area contributed by atoms with Crippen molar-refractivity contribution in [2.45, 2.75) is 0 Å². The van der Waals surface area contributed by atoms with Crippen molar-refractivity contribution in [1.29, 1.82) is 0 Å². The van der Waals surface area contributed by atoms with Gasteiger partial charge < -0.3 is 11.1 Å². The largest absolute Gasteiger partial charge is 0.397 e. The van der Waals surface area contributed by atoms with Gasteiger partial charge in [0.25, 0.3) is 0 Å². The number of benzene rings is 1. The molecule has 0 radical (unpaired) electrons. The van der Waals surface area contributed by atoms with Gasteiger partial charge in [-0.15, -0.1) is 0 Å². The van der Waals surface area contributed by atoms with Crippen molar-refractivity contribution in [1.82, 2.24) is 9.78 Å². The number of aryl methyl sites for hydroxylation is 1. The Bertz CT molecular complexity index is 478. The minimum Gasteiger partial charge on any atom is -0.397 e. The number of nitrogen functional groups attached to an aromatic ring is 1. The molecule has 0 spiro atoms. The maximum Gasteiger partial charge on any atom is 0.0770 e. The van der Waals surface area contributed by atoms with Gasteiger partial charge in [0.1, 0.15) is 0 Å². The van der Waals surface area contributed by atoms with E-state index in [4.69, 9.17) is 17.3 Å². The zero-order chi connectivity index (χ0) is 10.8. The number of halogens is 1. The summed E-state index contributed by atoms with van der Waals surface area (Å²) in [6.07, 6.45) is 3.58. The summed E-state index contributed by atoms with van der Waals surface area (Å²) in [5.41, 5.74) is 8.12. The Hall–Kier alpha value is -1.68. The van der Waals surface area contributed by atoms with E-state index in [1.54, 1.807) is 29.1 Å². The number of rotatable bonds is 2. The molecule has 0 atom stereocenters. The van der Waals surface area contributed by atoms with Gasteiger partial charge in [-0.2, -0.15) is 5.10 Å². The molecule has 15 heavy (non-hydrogen) atoms. The highest BCUT2D eigenvalue weighted by Gasteiger charge is 2.01. The molecule has 5 heteroatoms. The van der Waals surface area contributed by atoms with E-state index in [0.717, 1.165) is 11.4 Å². The quantitative estimate of drug-likeness (QED) is 0.768. The van der Waals surface area contributed by atoms with Gasteiger partial charge in [0, 0.05) is 18.3 Å². The minimum atomic E-state index is 0.649. The molecule has 1 aromatic heterocycles. The number of nitrogens with zero attached hydrogens (tertiary/aromatic N) is 2. The molecular formula is C10H11ClN4. The number of hydrogen-bond donors (Lipinski definition) is 2. The summed E-state index contributed by atoms with van der Waals surface area (Å²) >= 11 is 5.87. The molecule has 4 nitrogen and oxygen atoms in total. The van der Waals surface area contributed by atoms with Crippen LogP contribution in [0.25, 0.3) is 0 Å². The van der Waals surface area contributed by atoms with Crippen molar-refractivity contribution in [3.05, 3.63) is 35.6 Å². The average molecular weight is 223 g/mol. The zero-order valence-electron chi connectivity index (χ0n) is 8.24. The molecule has 78 valence electrons. The molecule has 0 saturated carbocycles. The predicted octanol–water partition coefficient (Wildman–Crippen LogP) is 2.40. The van der Waals surface area contributed by atoms with Crippen LogP contribution in [-0.4, -0.2) is 9.78 Å². The number of nitrogens with one attached hydrogen (secondary N) is 1. The summed E-state index contributed by atoms with van der Waals surface area (Å²) in [7, 11) is 1.85. The van der Waals surface area contributed by atoms with Crippen molar-refractivity contribution in [2.75, 3.05) is 11.1 Å². The van der Waals surface area contributed by atoms with Gasteiger partial charge in [0.05, 0.1) is 23.3 Å². The number of aromatic nitrogens is 2. The van der Waals surface area contributed by atoms with E-state index in [1.807, 2.05) is 13.2 Å². The van der Waals surface area contributed by atoms with Crippen LogP contribution >= 0.6 is 11.6 Å². The van der Waals surface area contributed by atoms with Crippen LogP contribution in [0.1, 0.15) is 0 Å². The molecule has 2 rings (SSSR count). The average Bonchev–Trinajstić information content (AvgIpc) is 2.58. The first-order chi connectivity index (χ1) is 7.15. The lowest BCUT2D eigenvalue weighted by Gasteiger charge is -2.07. The maximum atomic E-state index is 5.87. The van der Waals surface area contributed by atoms with Crippen molar-refractivity contribution in [3.63, 3.8) is 0 Å².